The van der Waals surface area contributed by atoms with Crippen LogP contribution in [0.3, 0.4) is 0 Å². The Bertz CT molecular complexity index is 411. The van der Waals surface area contributed by atoms with Crippen molar-refractivity contribution in [1.82, 2.24) is 4.98 Å². The van der Waals surface area contributed by atoms with E-state index in [4.69, 9.17) is 11.6 Å². The number of hydrogen-bond acceptors (Lipinski definition) is 3. The number of aromatic nitrogens is 1. The Morgan fingerprint density at radius 3 is 2.94 bits per heavy atom. The van der Waals surface area contributed by atoms with Crippen LogP contribution in [0.2, 0.25) is 5.02 Å². The summed E-state index contributed by atoms with van der Waals surface area (Å²) >= 11 is 7.64. The molecule has 0 saturated carbocycles. The summed E-state index contributed by atoms with van der Waals surface area (Å²) in [7, 11) is 0. The fourth-order valence-electron chi connectivity index (χ4n) is 1.87. The summed E-state index contributed by atoms with van der Waals surface area (Å²) in [5, 5.41) is 0.343. The lowest BCUT2D eigenvalue weighted by Crippen LogP contribution is -2.28. The van der Waals surface area contributed by atoms with Crippen LogP contribution in [-0.4, -0.2) is 28.6 Å². The summed E-state index contributed by atoms with van der Waals surface area (Å²) in [4.78, 5) is 6.11. The van der Waals surface area contributed by atoms with Crippen molar-refractivity contribution < 1.29 is 4.39 Å². The zero-order valence-electron chi connectivity index (χ0n) is 10.0. The molecule has 2 nitrogen and oxygen atoms in total. The van der Waals surface area contributed by atoms with Crippen LogP contribution in [0.4, 0.5) is 10.2 Å². The molecule has 0 bridgehead atoms. The molecule has 0 aromatic carbocycles. The van der Waals surface area contributed by atoms with E-state index in [2.05, 4.69) is 18.8 Å². The molecular formula is C12H16ClFN2S. The highest BCUT2D eigenvalue weighted by atomic mass is 35.5. The number of nitrogens with zero attached hydrogens (tertiary/aromatic N) is 2. The smallest absolute Gasteiger partial charge is 0.167 e. The van der Waals surface area contributed by atoms with Gasteiger partial charge in [0, 0.05) is 29.8 Å². The molecule has 2 heterocycles. The quantitative estimate of drug-likeness (QED) is 0.778. The Morgan fingerprint density at radius 1 is 1.47 bits per heavy atom. The number of anilines is 1. The number of halogens is 2. The molecule has 17 heavy (non-hydrogen) atoms. The summed E-state index contributed by atoms with van der Waals surface area (Å²) in [5.41, 5.74) is 0. The second-order valence-corrected chi connectivity index (χ2v) is 7.04. The first-order valence-corrected chi connectivity index (χ1v) is 7.04. The van der Waals surface area contributed by atoms with E-state index in [1.807, 2.05) is 16.7 Å². The first-order chi connectivity index (χ1) is 7.98. The first-order valence-electron chi connectivity index (χ1n) is 5.68. The van der Waals surface area contributed by atoms with Gasteiger partial charge < -0.3 is 4.90 Å². The minimum absolute atomic E-state index is 0.262. The van der Waals surface area contributed by atoms with Crippen LogP contribution >= 0.6 is 23.4 Å². The van der Waals surface area contributed by atoms with Gasteiger partial charge in [0.25, 0.3) is 0 Å². The average molecular weight is 275 g/mol. The fraction of sp³-hybridized carbons (Fsp3) is 0.583. The van der Waals surface area contributed by atoms with Crippen LogP contribution < -0.4 is 4.90 Å². The third-order valence-corrected chi connectivity index (χ3v) is 4.50. The maximum Gasteiger partial charge on any atom is 0.167 e. The topological polar surface area (TPSA) is 16.1 Å². The van der Waals surface area contributed by atoms with Gasteiger partial charge in [-0.2, -0.15) is 11.8 Å². The van der Waals surface area contributed by atoms with E-state index < -0.39 is 0 Å². The monoisotopic (exact) mass is 274 g/mol. The summed E-state index contributed by atoms with van der Waals surface area (Å²) in [6.45, 7) is 6.13. The highest BCUT2D eigenvalue weighted by Crippen LogP contribution is 2.32. The molecule has 0 amide bonds. The second kappa shape index (κ2) is 5.02. The molecule has 1 aromatic heterocycles. The van der Waals surface area contributed by atoms with E-state index in [0.29, 0.717) is 10.8 Å². The van der Waals surface area contributed by atoms with Crippen molar-refractivity contribution in [3.63, 3.8) is 0 Å². The van der Waals surface area contributed by atoms with Crippen LogP contribution in [0.25, 0.3) is 0 Å². The number of rotatable bonds is 1. The molecule has 1 aliphatic heterocycles. The Kier molecular flexibility index (Phi) is 3.83. The van der Waals surface area contributed by atoms with Crippen LogP contribution in [0, 0.1) is 5.82 Å². The van der Waals surface area contributed by atoms with E-state index in [9.17, 15) is 4.39 Å². The highest BCUT2D eigenvalue weighted by molar-refractivity contribution is 8.00. The zero-order valence-corrected chi connectivity index (χ0v) is 11.6. The van der Waals surface area contributed by atoms with Gasteiger partial charge in [0.15, 0.2) is 11.6 Å². The van der Waals surface area contributed by atoms with Crippen molar-refractivity contribution in [3.8, 4) is 0 Å². The van der Waals surface area contributed by atoms with Crippen molar-refractivity contribution in [2.45, 2.75) is 25.0 Å². The summed E-state index contributed by atoms with van der Waals surface area (Å²) in [6.07, 6.45) is 2.53. The SMILES string of the molecule is CC1(C)CCN(c2ncc(Cl)cc2F)CCS1. The molecule has 94 valence electrons. The Balaban J connectivity index is 2.17. The second-order valence-electron chi connectivity index (χ2n) is 4.80. The third kappa shape index (κ3) is 3.26. The molecule has 5 heteroatoms. The van der Waals surface area contributed by atoms with E-state index in [0.717, 1.165) is 25.3 Å². The number of hydrogen-bond donors (Lipinski definition) is 0. The van der Waals surface area contributed by atoms with E-state index in [-0.39, 0.29) is 10.6 Å². The van der Waals surface area contributed by atoms with Gasteiger partial charge in [-0.1, -0.05) is 25.4 Å². The van der Waals surface area contributed by atoms with E-state index in [1.54, 1.807) is 0 Å². The highest BCUT2D eigenvalue weighted by Gasteiger charge is 2.25. The average Bonchev–Trinajstić information content (AvgIpc) is 2.40. The lowest BCUT2D eigenvalue weighted by Gasteiger charge is -2.23. The third-order valence-electron chi connectivity index (χ3n) is 2.93. The van der Waals surface area contributed by atoms with E-state index >= 15 is 0 Å². The fourth-order valence-corrected chi connectivity index (χ4v) is 3.12. The van der Waals surface area contributed by atoms with Crippen molar-refractivity contribution in [2.24, 2.45) is 0 Å². The maximum absolute atomic E-state index is 13.8. The molecule has 0 N–H and O–H groups in total. The van der Waals surface area contributed by atoms with Gasteiger partial charge in [-0.05, 0) is 12.5 Å². The van der Waals surface area contributed by atoms with Gasteiger partial charge in [-0.25, -0.2) is 9.37 Å². The zero-order chi connectivity index (χ0) is 12.5. The van der Waals surface area contributed by atoms with Gasteiger partial charge in [-0.3, -0.25) is 0 Å². The molecule has 0 radical (unpaired) electrons. The predicted octanol–water partition coefficient (Wildman–Crippen LogP) is 3.60. The summed E-state index contributed by atoms with van der Waals surface area (Å²) in [6, 6.07) is 1.33. The Hall–Kier alpha value is -0.480. The van der Waals surface area contributed by atoms with Crippen LogP contribution in [0.1, 0.15) is 20.3 Å². The van der Waals surface area contributed by atoms with Crippen molar-refractivity contribution >= 4 is 29.2 Å². The van der Waals surface area contributed by atoms with E-state index in [1.165, 1.54) is 12.3 Å². The van der Waals surface area contributed by atoms with Crippen molar-refractivity contribution in [3.05, 3.63) is 23.1 Å². The summed E-state index contributed by atoms with van der Waals surface area (Å²) < 4.78 is 14.0. The molecule has 2 rings (SSSR count). The molecular weight excluding hydrogens is 259 g/mol. The van der Waals surface area contributed by atoms with Crippen molar-refractivity contribution in [1.29, 1.82) is 0 Å². The van der Waals surface area contributed by atoms with Gasteiger partial charge in [0.2, 0.25) is 0 Å². The minimum Gasteiger partial charge on any atom is -0.353 e. The number of thioether (sulfide) groups is 1. The Labute approximate surface area is 111 Å². The Morgan fingerprint density at radius 2 is 2.24 bits per heavy atom. The normalized spacial score (nSPS) is 20.1. The van der Waals surface area contributed by atoms with Crippen LogP contribution in [-0.2, 0) is 0 Å². The molecule has 1 saturated heterocycles. The summed E-state index contributed by atoms with van der Waals surface area (Å²) in [5.74, 6) is 1.09. The molecule has 0 unspecified atom stereocenters. The largest absolute Gasteiger partial charge is 0.353 e. The first kappa shape index (κ1) is 13.0. The molecule has 0 aliphatic carbocycles. The standard InChI is InChI=1S/C12H16ClFN2S/c1-12(2)3-4-16(5-6-17-12)11-10(14)7-9(13)8-15-11/h7-8H,3-6H2,1-2H3. The van der Waals surface area contributed by atoms with Gasteiger partial charge >= 0.3 is 0 Å². The predicted molar refractivity (Wildman–Crippen MR) is 72.6 cm³/mol. The minimum atomic E-state index is -0.331. The number of pyridine rings is 1. The molecule has 1 fully saturated rings. The van der Waals surface area contributed by atoms with Crippen LogP contribution in [0.5, 0.6) is 0 Å². The molecule has 0 atom stereocenters. The van der Waals surface area contributed by atoms with Crippen LogP contribution in [0.15, 0.2) is 12.3 Å². The van der Waals surface area contributed by atoms with Gasteiger partial charge in [0.05, 0.1) is 5.02 Å². The van der Waals surface area contributed by atoms with Gasteiger partial charge in [0.1, 0.15) is 0 Å². The molecule has 1 aromatic rings. The lowest BCUT2D eigenvalue weighted by atomic mass is 10.1. The molecule has 1 aliphatic rings. The van der Waals surface area contributed by atoms with Crippen molar-refractivity contribution in [2.75, 3.05) is 23.7 Å². The lowest BCUT2D eigenvalue weighted by molar-refractivity contribution is 0.594. The molecule has 0 spiro atoms. The van der Waals surface area contributed by atoms with Gasteiger partial charge in [-0.15, -0.1) is 0 Å². The maximum atomic E-state index is 13.8.